The molecule has 0 radical (unpaired) electrons. The van der Waals surface area contributed by atoms with Crippen LogP contribution in [0.2, 0.25) is 0 Å². The van der Waals surface area contributed by atoms with Gasteiger partial charge in [-0.1, -0.05) is 0 Å². The van der Waals surface area contributed by atoms with Gasteiger partial charge in [-0.25, -0.2) is 0 Å². The number of amides is 2. The Kier molecular flexibility index (Phi) is 6.58. The zero-order valence-electron chi connectivity index (χ0n) is 12.1. The Balaban J connectivity index is 2.31. The molecule has 0 spiro atoms. The second-order valence-electron chi connectivity index (χ2n) is 4.91. The number of halogens is 1. The van der Waals surface area contributed by atoms with E-state index in [2.05, 4.69) is 10.6 Å². The van der Waals surface area contributed by atoms with E-state index < -0.39 is 0 Å². The van der Waals surface area contributed by atoms with Crippen molar-refractivity contribution in [1.82, 2.24) is 10.6 Å². The first-order valence-corrected chi connectivity index (χ1v) is 7.20. The SMILES string of the molecule is Cc1oc(C(=O)NCCCC(=O)NC(C)C)cc1CCl. The van der Waals surface area contributed by atoms with Crippen LogP contribution in [-0.4, -0.2) is 24.4 Å². The molecule has 1 aromatic rings. The fraction of sp³-hybridized carbons (Fsp3) is 0.571. The van der Waals surface area contributed by atoms with Crippen LogP contribution < -0.4 is 10.6 Å². The molecule has 112 valence electrons. The number of nitrogens with one attached hydrogen (secondary N) is 2. The molecule has 20 heavy (non-hydrogen) atoms. The highest BCUT2D eigenvalue weighted by atomic mass is 35.5. The summed E-state index contributed by atoms with van der Waals surface area (Å²) in [4.78, 5) is 23.2. The first-order valence-electron chi connectivity index (χ1n) is 6.67. The molecule has 0 aliphatic rings. The Bertz CT molecular complexity index is 469. The average molecular weight is 301 g/mol. The number of rotatable bonds is 7. The third kappa shape index (κ3) is 5.25. The first kappa shape index (κ1) is 16.6. The van der Waals surface area contributed by atoms with Gasteiger partial charge in [0.1, 0.15) is 5.76 Å². The Hall–Kier alpha value is -1.49. The summed E-state index contributed by atoms with van der Waals surface area (Å²) in [5.41, 5.74) is 0.813. The van der Waals surface area contributed by atoms with E-state index in [1.54, 1.807) is 13.0 Å². The molecule has 0 aliphatic carbocycles. The Morgan fingerprint density at radius 2 is 2.10 bits per heavy atom. The van der Waals surface area contributed by atoms with E-state index in [0.717, 1.165) is 5.56 Å². The number of hydrogen-bond donors (Lipinski definition) is 2. The molecule has 1 rings (SSSR count). The van der Waals surface area contributed by atoms with Crippen LogP contribution in [0.1, 0.15) is 48.6 Å². The highest BCUT2D eigenvalue weighted by Gasteiger charge is 2.13. The molecule has 0 saturated heterocycles. The molecule has 6 heteroatoms. The van der Waals surface area contributed by atoms with Gasteiger partial charge in [0.05, 0.1) is 5.88 Å². The van der Waals surface area contributed by atoms with Crippen LogP contribution in [0.15, 0.2) is 10.5 Å². The average Bonchev–Trinajstić information content (AvgIpc) is 2.75. The van der Waals surface area contributed by atoms with E-state index in [9.17, 15) is 9.59 Å². The molecule has 1 aromatic heterocycles. The first-order chi connectivity index (χ1) is 9.43. The van der Waals surface area contributed by atoms with Crippen LogP contribution >= 0.6 is 11.6 Å². The van der Waals surface area contributed by atoms with Crippen LogP contribution in [0.3, 0.4) is 0 Å². The molecule has 0 aliphatic heterocycles. The molecule has 0 bridgehead atoms. The maximum atomic E-state index is 11.8. The van der Waals surface area contributed by atoms with E-state index in [1.165, 1.54) is 0 Å². The highest BCUT2D eigenvalue weighted by Crippen LogP contribution is 2.16. The minimum atomic E-state index is -0.284. The van der Waals surface area contributed by atoms with E-state index >= 15 is 0 Å². The van der Waals surface area contributed by atoms with Crippen molar-refractivity contribution >= 4 is 23.4 Å². The van der Waals surface area contributed by atoms with Crippen molar-refractivity contribution < 1.29 is 14.0 Å². The predicted molar refractivity (Wildman–Crippen MR) is 77.8 cm³/mol. The largest absolute Gasteiger partial charge is 0.456 e. The van der Waals surface area contributed by atoms with E-state index in [-0.39, 0.29) is 23.6 Å². The third-order valence-electron chi connectivity index (χ3n) is 2.70. The van der Waals surface area contributed by atoms with Crippen LogP contribution in [0.5, 0.6) is 0 Å². The molecule has 1 heterocycles. The van der Waals surface area contributed by atoms with Crippen molar-refractivity contribution in [3.05, 3.63) is 23.2 Å². The highest BCUT2D eigenvalue weighted by molar-refractivity contribution is 6.17. The molecule has 5 nitrogen and oxygen atoms in total. The fourth-order valence-electron chi connectivity index (χ4n) is 1.70. The standard InChI is InChI=1S/C14H21ClN2O3/c1-9(2)17-13(18)5-4-6-16-14(19)12-7-11(8-15)10(3)20-12/h7,9H,4-6,8H2,1-3H3,(H,16,19)(H,17,18). The summed E-state index contributed by atoms with van der Waals surface area (Å²) in [7, 11) is 0. The van der Waals surface area contributed by atoms with Crippen molar-refractivity contribution in [2.24, 2.45) is 0 Å². The van der Waals surface area contributed by atoms with Gasteiger partial charge < -0.3 is 15.1 Å². The number of hydrogen-bond acceptors (Lipinski definition) is 3. The summed E-state index contributed by atoms with van der Waals surface area (Å²) in [6.07, 6.45) is 0.981. The van der Waals surface area contributed by atoms with Crippen molar-refractivity contribution in [3.8, 4) is 0 Å². The van der Waals surface area contributed by atoms with Gasteiger partial charge in [-0.05, 0) is 33.3 Å². The molecule has 2 amide bonds. The van der Waals surface area contributed by atoms with Crippen LogP contribution in [-0.2, 0) is 10.7 Å². The van der Waals surface area contributed by atoms with Gasteiger partial charge in [-0.3, -0.25) is 9.59 Å². The lowest BCUT2D eigenvalue weighted by Gasteiger charge is -2.08. The van der Waals surface area contributed by atoms with Crippen molar-refractivity contribution in [2.75, 3.05) is 6.54 Å². The molecular weight excluding hydrogens is 280 g/mol. The minimum Gasteiger partial charge on any atom is -0.456 e. The zero-order valence-corrected chi connectivity index (χ0v) is 12.8. The van der Waals surface area contributed by atoms with Gasteiger partial charge in [0.25, 0.3) is 5.91 Å². The van der Waals surface area contributed by atoms with E-state index in [4.69, 9.17) is 16.0 Å². The molecule has 0 saturated carbocycles. The third-order valence-corrected chi connectivity index (χ3v) is 2.99. The second-order valence-corrected chi connectivity index (χ2v) is 5.17. The van der Waals surface area contributed by atoms with E-state index in [0.29, 0.717) is 31.0 Å². The monoisotopic (exact) mass is 300 g/mol. The summed E-state index contributed by atoms with van der Waals surface area (Å²) >= 11 is 5.72. The summed E-state index contributed by atoms with van der Waals surface area (Å²) in [5.74, 6) is 0.935. The Morgan fingerprint density at radius 1 is 1.40 bits per heavy atom. The molecule has 0 atom stereocenters. The quantitative estimate of drug-likeness (QED) is 0.600. The van der Waals surface area contributed by atoms with Crippen LogP contribution in [0, 0.1) is 6.92 Å². The van der Waals surface area contributed by atoms with Crippen LogP contribution in [0.4, 0.5) is 0 Å². The predicted octanol–water partition coefficient (Wildman–Crippen LogP) is 2.36. The second kappa shape index (κ2) is 7.94. The Morgan fingerprint density at radius 3 is 2.65 bits per heavy atom. The molecule has 0 aromatic carbocycles. The van der Waals surface area contributed by atoms with Crippen molar-refractivity contribution in [2.45, 2.75) is 45.5 Å². The number of furan rings is 1. The summed E-state index contributed by atoms with van der Waals surface area (Å²) in [6.45, 7) is 6.02. The summed E-state index contributed by atoms with van der Waals surface area (Å²) < 4.78 is 5.32. The number of carbonyl (C=O) groups excluding carboxylic acids is 2. The lowest BCUT2D eigenvalue weighted by Crippen LogP contribution is -2.31. The van der Waals surface area contributed by atoms with Gasteiger partial charge in [-0.2, -0.15) is 0 Å². The zero-order chi connectivity index (χ0) is 15.1. The molecule has 0 unspecified atom stereocenters. The maximum absolute atomic E-state index is 11.8. The number of carbonyl (C=O) groups is 2. The molecule has 2 N–H and O–H groups in total. The van der Waals surface area contributed by atoms with Gasteiger partial charge in [0.2, 0.25) is 5.91 Å². The molecule has 0 fully saturated rings. The lowest BCUT2D eigenvalue weighted by atomic mass is 10.2. The maximum Gasteiger partial charge on any atom is 0.287 e. The topological polar surface area (TPSA) is 71.3 Å². The molecular formula is C14H21ClN2O3. The van der Waals surface area contributed by atoms with Gasteiger partial charge in [-0.15, -0.1) is 11.6 Å². The minimum absolute atomic E-state index is 0.00693. The van der Waals surface area contributed by atoms with E-state index in [1.807, 2.05) is 13.8 Å². The summed E-state index contributed by atoms with van der Waals surface area (Å²) in [5, 5.41) is 5.51. The van der Waals surface area contributed by atoms with Gasteiger partial charge in [0.15, 0.2) is 5.76 Å². The van der Waals surface area contributed by atoms with Crippen LogP contribution in [0.25, 0.3) is 0 Å². The van der Waals surface area contributed by atoms with Gasteiger partial charge in [0, 0.05) is 24.6 Å². The van der Waals surface area contributed by atoms with Crippen molar-refractivity contribution in [1.29, 1.82) is 0 Å². The number of alkyl halides is 1. The lowest BCUT2D eigenvalue weighted by molar-refractivity contribution is -0.121. The normalized spacial score (nSPS) is 10.7. The van der Waals surface area contributed by atoms with Gasteiger partial charge >= 0.3 is 0 Å². The Labute approximate surface area is 124 Å². The fourth-order valence-corrected chi connectivity index (χ4v) is 1.96. The summed E-state index contributed by atoms with van der Waals surface area (Å²) in [6, 6.07) is 1.78. The smallest absolute Gasteiger partial charge is 0.287 e. The number of aryl methyl sites for hydroxylation is 1. The van der Waals surface area contributed by atoms with Crippen molar-refractivity contribution in [3.63, 3.8) is 0 Å².